The summed E-state index contributed by atoms with van der Waals surface area (Å²) < 4.78 is 0. The number of H-pyrrole nitrogens is 1. The van der Waals surface area contributed by atoms with Crippen LogP contribution in [-0.2, 0) is 0 Å². The number of hydrogen-bond acceptors (Lipinski definition) is 3. The van der Waals surface area contributed by atoms with Crippen molar-refractivity contribution in [3.8, 4) is 0 Å². The van der Waals surface area contributed by atoms with E-state index in [1.54, 1.807) is 0 Å². The van der Waals surface area contributed by atoms with Crippen LogP contribution in [0.4, 0.5) is 5.95 Å². The molecule has 5 heteroatoms. The Morgan fingerprint density at radius 1 is 1.29 bits per heavy atom. The Hall–Kier alpha value is -1.26. The average Bonchev–Trinajstić information content (AvgIpc) is 2.72. The average molecular weight is 253 g/mol. The van der Waals surface area contributed by atoms with E-state index in [4.69, 9.17) is 0 Å². The molecule has 17 heavy (non-hydrogen) atoms. The lowest BCUT2D eigenvalue weighted by Gasteiger charge is -2.23. The van der Waals surface area contributed by atoms with Crippen molar-refractivity contribution in [2.45, 2.75) is 18.9 Å². The molecule has 1 saturated heterocycles. The summed E-state index contributed by atoms with van der Waals surface area (Å²) in [6.07, 6.45) is 2.45. The van der Waals surface area contributed by atoms with E-state index >= 15 is 0 Å². The number of benzene rings is 1. The molecule has 3 rings (SSSR count). The van der Waals surface area contributed by atoms with E-state index in [-0.39, 0.29) is 12.4 Å². The molecule has 1 fully saturated rings. The summed E-state index contributed by atoms with van der Waals surface area (Å²) in [6, 6.07) is 8.60. The van der Waals surface area contributed by atoms with E-state index in [2.05, 4.69) is 20.6 Å². The van der Waals surface area contributed by atoms with E-state index < -0.39 is 0 Å². The minimum atomic E-state index is 0. The second-order valence-electron chi connectivity index (χ2n) is 4.29. The summed E-state index contributed by atoms with van der Waals surface area (Å²) in [4.78, 5) is 7.81. The maximum Gasteiger partial charge on any atom is 0.201 e. The van der Waals surface area contributed by atoms with Crippen LogP contribution in [0.25, 0.3) is 11.0 Å². The summed E-state index contributed by atoms with van der Waals surface area (Å²) in [6.45, 7) is 2.16. The van der Waals surface area contributed by atoms with Crippen molar-refractivity contribution >= 4 is 29.4 Å². The van der Waals surface area contributed by atoms with Gasteiger partial charge in [-0.05, 0) is 31.5 Å². The second-order valence-corrected chi connectivity index (χ2v) is 4.29. The minimum Gasteiger partial charge on any atom is -0.352 e. The highest BCUT2D eigenvalue weighted by Gasteiger charge is 2.13. The quantitative estimate of drug-likeness (QED) is 0.768. The number of fused-ring (bicyclic) bond motifs is 1. The zero-order chi connectivity index (χ0) is 10.8. The molecule has 2 heterocycles. The van der Waals surface area contributed by atoms with Gasteiger partial charge in [0.15, 0.2) is 0 Å². The van der Waals surface area contributed by atoms with Crippen LogP contribution in [0, 0.1) is 0 Å². The Bertz CT molecular complexity index is 443. The molecule has 1 atom stereocenters. The highest BCUT2D eigenvalue weighted by molar-refractivity contribution is 5.85. The van der Waals surface area contributed by atoms with Gasteiger partial charge in [-0.1, -0.05) is 12.1 Å². The number of nitrogens with zero attached hydrogens (tertiary/aromatic N) is 1. The predicted octanol–water partition coefficient (Wildman–Crippen LogP) is 2.15. The molecule has 0 aliphatic carbocycles. The number of rotatable bonds is 2. The lowest BCUT2D eigenvalue weighted by molar-refractivity contribution is 0.478. The SMILES string of the molecule is Cl.c1ccc2[nH]c(NC3CCCNC3)nc2c1. The highest BCUT2D eigenvalue weighted by Crippen LogP contribution is 2.15. The van der Waals surface area contributed by atoms with Crippen LogP contribution in [-0.4, -0.2) is 29.1 Å². The topological polar surface area (TPSA) is 52.7 Å². The molecule has 0 radical (unpaired) electrons. The van der Waals surface area contributed by atoms with Gasteiger partial charge in [-0.15, -0.1) is 12.4 Å². The Morgan fingerprint density at radius 3 is 2.94 bits per heavy atom. The zero-order valence-corrected chi connectivity index (χ0v) is 10.4. The van der Waals surface area contributed by atoms with Crippen LogP contribution in [0.2, 0.25) is 0 Å². The van der Waals surface area contributed by atoms with Crippen molar-refractivity contribution in [3.63, 3.8) is 0 Å². The van der Waals surface area contributed by atoms with Gasteiger partial charge >= 0.3 is 0 Å². The normalized spacial score (nSPS) is 19.9. The molecular formula is C12H17ClN4. The third-order valence-electron chi connectivity index (χ3n) is 3.03. The monoisotopic (exact) mass is 252 g/mol. The Morgan fingerprint density at radius 2 is 2.18 bits per heavy atom. The van der Waals surface area contributed by atoms with Gasteiger partial charge in [-0.25, -0.2) is 4.98 Å². The maximum absolute atomic E-state index is 4.51. The zero-order valence-electron chi connectivity index (χ0n) is 9.57. The van der Waals surface area contributed by atoms with Crippen molar-refractivity contribution in [2.24, 2.45) is 0 Å². The fraction of sp³-hybridized carbons (Fsp3) is 0.417. The van der Waals surface area contributed by atoms with Crippen LogP contribution < -0.4 is 10.6 Å². The highest BCUT2D eigenvalue weighted by atomic mass is 35.5. The number of aromatic nitrogens is 2. The molecule has 0 spiro atoms. The standard InChI is InChI=1S/C12H16N4.ClH/c1-2-6-11-10(5-1)15-12(16-11)14-9-4-3-7-13-8-9;/h1-2,5-6,9,13H,3-4,7-8H2,(H2,14,15,16);1H. The molecule has 1 aromatic heterocycles. The van der Waals surface area contributed by atoms with Crippen LogP contribution in [0.15, 0.2) is 24.3 Å². The number of hydrogen-bond donors (Lipinski definition) is 3. The molecule has 1 aromatic carbocycles. The number of aromatic amines is 1. The Labute approximate surface area is 107 Å². The van der Waals surface area contributed by atoms with Crippen molar-refractivity contribution in [2.75, 3.05) is 18.4 Å². The summed E-state index contributed by atoms with van der Waals surface area (Å²) in [5.74, 6) is 0.884. The van der Waals surface area contributed by atoms with Crippen LogP contribution in [0.5, 0.6) is 0 Å². The lowest BCUT2D eigenvalue weighted by atomic mass is 10.1. The van der Waals surface area contributed by atoms with E-state index in [1.807, 2.05) is 24.3 Å². The fourth-order valence-corrected chi connectivity index (χ4v) is 2.19. The van der Waals surface area contributed by atoms with Crippen molar-refractivity contribution in [3.05, 3.63) is 24.3 Å². The van der Waals surface area contributed by atoms with Gasteiger partial charge in [0.05, 0.1) is 11.0 Å². The molecule has 2 aromatic rings. The van der Waals surface area contributed by atoms with Crippen LogP contribution in [0.1, 0.15) is 12.8 Å². The van der Waals surface area contributed by atoms with Crippen molar-refractivity contribution in [1.29, 1.82) is 0 Å². The maximum atomic E-state index is 4.51. The number of anilines is 1. The molecule has 1 unspecified atom stereocenters. The lowest BCUT2D eigenvalue weighted by Crippen LogP contribution is -2.38. The number of nitrogens with one attached hydrogen (secondary N) is 3. The molecule has 0 bridgehead atoms. The summed E-state index contributed by atoms with van der Waals surface area (Å²) in [5.41, 5.74) is 2.11. The number of imidazole rings is 1. The van der Waals surface area contributed by atoms with E-state index in [1.165, 1.54) is 12.8 Å². The van der Waals surface area contributed by atoms with E-state index in [9.17, 15) is 0 Å². The molecule has 0 saturated carbocycles. The summed E-state index contributed by atoms with van der Waals surface area (Å²) >= 11 is 0. The molecular weight excluding hydrogens is 236 g/mol. The molecule has 3 N–H and O–H groups in total. The minimum absolute atomic E-state index is 0. The number of para-hydroxylation sites is 2. The fourth-order valence-electron chi connectivity index (χ4n) is 2.19. The largest absolute Gasteiger partial charge is 0.352 e. The molecule has 1 aliphatic rings. The summed E-state index contributed by atoms with van der Waals surface area (Å²) in [5, 5.41) is 6.83. The van der Waals surface area contributed by atoms with E-state index in [0.29, 0.717) is 6.04 Å². The van der Waals surface area contributed by atoms with Gasteiger partial charge in [0.1, 0.15) is 0 Å². The van der Waals surface area contributed by atoms with Crippen molar-refractivity contribution in [1.82, 2.24) is 15.3 Å². The Balaban J connectivity index is 0.00000108. The molecule has 92 valence electrons. The molecule has 0 amide bonds. The second kappa shape index (κ2) is 5.38. The summed E-state index contributed by atoms with van der Waals surface area (Å²) in [7, 11) is 0. The molecule has 1 aliphatic heterocycles. The first kappa shape index (κ1) is 12.2. The predicted molar refractivity (Wildman–Crippen MR) is 72.9 cm³/mol. The first-order valence-corrected chi connectivity index (χ1v) is 5.84. The first-order valence-electron chi connectivity index (χ1n) is 5.84. The van der Waals surface area contributed by atoms with Gasteiger partial charge in [-0.3, -0.25) is 0 Å². The van der Waals surface area contributed by atoms with Gasteiger partial charge in [-0.2, -0.15) is 0 Å². The van der Waals surface area contributed by atoms with E-state index in [0.717, 1.165) is 30.1 Å². The van der Waals surface area contributed by atoms with Gasteiger partial charge < -0.3 is 15.6 Å². The third kappa shape index (κ3) is 2.70. The number of halogens is 1. The Kier molecular flexibility index (Phi) is 3.86. The van der Waals surface area contributed by atoms with Gasteiger partial charge in [0.2, 0.25) is 5.95 Å². The third-order valence-corrected chi connectivity index (χ3v) is 3.03. The van der Waals surface area contributed by atoms with Gasteiger partial charge in [0, 0.05) is 12.6 Å². The van der Waals surface area contributed by atoms with Crippen LogP contribution >= 0.6 is 12.4 Å². The molecule has 4 nitrogen and oxygen atoms in total. The number of piperidine rings is 1. The van der Waals surface area contributed by atoms with Crippen LogP contribution in [0.3, 0.4) is 0 Å². The smallest absolute Gasteiger partial charge is 0.201 e. The van der Waals surface area contributed by atoms with Crippen molar-refractivity contribution < 1.29 is 0 Å². The first-order chi connectivity index (χ1) is 7.92. The van der Waals surface area contributed by atoms with Gasteiger partial charge in [0.25, 0.3) is 0 Å².